The molecule has 4 saturated heterocycles. The molecule has 7 rings (SSSR count). The molecule has 59 heavy (non-hydrogen) atoms. The zero-order valence-corrected chi connectivity index (χ0v) is 34.4. The molecule has 0 amide bonds. The van der Waals surface area contributed by atoms with Gasteiger partial charge in [0, 0.05) is 18.3 Å². The van der Waals surface area contributed by atoms with Crippen LogP contribution in [0.5, 0.6) is 0 Å². The predicted molar refractivity (Wildman–Crippen MR) is 202 cm³/mol. The fourth-order valence-corrected chi connectivity index (χ4v) is 12.0. The molecule has 4 heterocycles. The van der Waals surface area contributed by atoms with Crippen LogP contribution in [0.4, 0.5) is 0 Å². The quantitative estimate of drug-likeness (QED) is 0.0696. The zero-order valence-electron chi connectivity index (χ0n) is 34.4. The Bertz CT molecular complexity index is 1490. The topological polar surface area (TPSA) is 306 Å². The zero-order chi connectivity index (χ0) is 43.6. The van der Waals surface area contributed by atoms with Crippen molar-refractivity contribution >= 4 is 5.97 Å². The molecule has 3 saturated carbocycles. The predicted octanol–water partition coefficient (Wildman–Crippen LogP) is -2.13. The lowest BCUT2D eigenvalue weighted by Gasteiger charge is -2.65. The van der Waals surface area contributed by atoms with Gasteiger partial charge in [-0.05, 0) is 88.5 Å². The molecule has 0 radical (unpaired) electrons. The van der Waals surface area contributed by atoms with E-state index in [2.05, 4.69) is 13.5 Å². The van der Waals surface area contributed by atoms with E-state index in [0.717, 1.165) is 12.0 Å². The highest BCUT2D eigenvalue weighted by molar-refractivity contribution is 5.77. The number of aliphatic hydroxyl groups is 12. The minimum absolute atomic E-state index is 0.0642. The molecule has 12 N–H and O–H groups in total. The van der Waals surface area contributed by atoms with Gasteiger partial charge in [-0.15, -0.1) is 0 Å². The first-order chi connectivity index (χ1) is 27.6. The Morgan fingerprint density at radius 2 is 1.42 bits per heavy atom. The Labute approximate surface area is 344 Å². The number of esters is 1. The molecule has 2 bridgehead atoms. The molecule has 340 valence electrons. The molecular weight excluding hydrogens is 780 g/mol. The van der Waals surface area contributed by atoms with Crippen LogP contribution in [-0.2, 0) is 28.5 Å². The van der Waals surface area contributed by atoms with Gasteiger partial charge >= 0.3 is 5.97 Å². The second kappa shape index (κ2) is 17.6. The minimum atomic E-state index is -1.92. The molecule has 18 heteroatoms. The first-order valence-corrected chi connectivity index (χ1v) is 21.1. The van der Waals surface area contributed by atoms with E-state index in [1.165, 1.54) is 6.92 Å². The highest BCUT2D eigenvalue weighted by Crippen LogP contribution is 2.71. The van der Waals surface area contributed by atoms with Gasteiger partial charge < -0.3 is 85.0 Å². The van der Waals surface area contributed by atoms with E-state index < -0.39 is 139 Å². The Balaban J connectivity index is 1.31. The van der Waals surface area contributed by atoms with E-state index >= 15 is 0 Å². The van der Waals surface area contributed by atoms with Crippen molar-refractivity contribution in [3.63, 3.8) is 0 Å². The maximum Gasteiger partial charge on any atom is 0.314 e. The lowest BCUT2D eigenvalue weighted by atomic mass is 9.40. The molecule has 18 nitrogen and oxygen atoms in total. The van der Waals surface area contributed by atoms with Gasteiger partial charge in [0.2, 0.25) is 6.29 Å². The highest BCUT2D eigenvalue weighted by atomic mass is 16.7. The fourth-order valence-electron chi connectivity index (χ4n) is 12.0. The number of carbonyl (C=O) groups excluding carboxylic acids is 1. The van der Waals surface area contributed by atoms with Crippen LogP contribution in [0, 0.1) is 28.1 Å². The number of ether oxygens (including phenoxy) is 5. The van der Waals surface area contributed by atoms with Crippen LogP contribution in [0.25, 0.3) is 0 Å². The number of hydrogen-bond acceptors (Lipinski definition) is 18. The summed E-state index contributed by atoms with van der Waals surface area (Å²) in [5.74, 6) is -0.914. The largest absolute Gasteiger partial charge is 0.432 e. The van der Waals surface area contributed by atoms with Gasteiger partial charge in [0.15, 0.2) is 6.29 Å². The average Bonchev–Trinajstić information content (AvgIpc) is 3.40. The van der Waals surface area contributed by atoms with Crippen molar-refractivity contribution in [1.29, 1.82) is 0 Å². The third-order valence-corrected chi connectivity index (χ3v) is 15.6. The molecule has 22 atom stereocenters. The van der Waals surface area contributed by atoms with Gasteiger partial charge in [-0.2, -0.15) is 0 Å². The number of hydrogen-bond donors (Lipinski definition) is 12. The van der Waals surface area contributed by atoms with Crippen LogP contribution < -0.4 is 0 Å². The highest BCUT2D eigenvalue weighted by Gasteiger charge is 2.68. The maximum atomic E-state index is 14.3. The Morgan fingerprint density at radius 1 is 0.797 bits per heavy atom. The third kappa shape index (κ3) is 8.29. The average molecular weight is 849 g/mol. The molecule has 4 aliphatic heterocycles. The first-order valence-electron chi connectivity index (χ1n) is 21.1. The van der Waals surface area contributed by atoms with Crippen molar-refractivity contribution in [3.8, 4) is 0 Å². The van der Waals surface area contributed by atoms with Gasteiger partial charge in [0.25, 0.3) is 0 Å². The van der Waals surface area contributed by atoms with Crippen molar-refractivity contribution in [2.45, 2.75) is 196 Å². The van der Waals surface area contributed by atoms with E-state index in [1.807, 2.05) is 13.8 Å². The summed E-state index contributed by atoms with van der Waals surface area (Å²) < 4.78 is 30.5. The van der Waals surface area contributed by atoms with Gasteiger partial charge in [0.05, 0.1) is 48.6 Å². The normalized spacial score (nSPS) is 48.8. The van der Waals surface area contributed by atoms with Gasteiger partial charge in [-0.25, -0.2) is 0 Å². The maximum absolute atomic E-state index is 14.3. The second-order valence-electron chi connectivity index (χ2n) is 19.1. The van der Waals surface area contributed by atoms with E-state index in [9.17, 15) is 66.1 Å². The Kier molecular flexibility index (Phi) is 14.1. The molecule has 16 unspecified atom stereocenters. The van der Waals surface area contributed by atoms with E-state index in [-0.39, 0.29) is 24.7 Å². The van der Waals surface area contributed by atoms with E-state index in [4.69, 9.17) is 23.7 Å². The third-order valence-electron chi connectivity index (χ3n) is 15.6. The lowest BCUT2D eigenvalue weighted by Crippen LogP contribution is -2.63. The first kappa shape index (κ1) is 47.1. The summed E-state index contributed by atoms with van der Waals surface area (Å²) in [6, 6.07) is 0. The molecule has 0 aromatic rings. The molecule has 1 spiro atoms. The summed E-state index contributed by atoms with van der Waals surface area (Å²) in [5.41, 5.74) is -2.00. The van der Waals surface area contributed by atoms with Crippen LogP contribution >= 0.6 is 0 Å². The van der Waals surface area contributed by atoms with Crippen molar-refractivity contribution in [2.75, 3.05) is 13.2 Å². The molecule has 0 aromatic heterocycles. The molecule has 3 aliphatic carbocycles. The Hall–Kier alpha value is -1.43. The number of aliphatic hydroxyl groups excluding tert-OH is 12. The van der Waals surface area contributed by atoms with Gasteiger partial charge in [-0.3, -0.25) is 4.79 Å². The summed E-state index contributed by atoms with van der Waals surface area (Å²) in [7, 11) is 0. The molecule has 0 aromatic carbocycles. The molecular formula is C41H68O18. The van der Waals surface area contributed by atoms with E-state index in [0.29, 0.717) is 44.9 Å². The SMILES string of the molecule is C=C1C[C@@]23CC[C@H]4[C@@](C)(CCC[C@@]4(C)C(=O)OC4OC(CO)C(O)C(O)C4O)[C@@H]2CC[C@@]1(C)OC3CC(CC(O)C(O)C(O)C(O)CO)OC1OC(C)C(O)C(O)C1O. The molecule has 7 aliphatic rings. The fraction of sp³-hybridized carbons (Fsp3) is 0.927. The standard InChI is InChI=1S/C41H68O18/c1-18-15-41-12-8-24-38(3,9-6-10-39(24,4)37(54)58-36-34(53)32(51)30(49)23(17-43)57-36)25(41)7-11-40(18,5)59-26(41)14-20(13-21(44)28(47)29(48)22(45)16-42)56-35-33(52)31(50)27(46)19(2)55-35/h19-36,42-53H,1,6-17H2,2-5H3/t19?,20?,21?,22?,23?,24-,25-,26?,27?,28?,29?,30?,31?,32?,33?,34?,35?,36?,38+,39+,40+,41-/m0/s1. The minimum Gasteiger partial charge on any atom is -0.432 e. The summed E-state index contributed by atoms with van der Waals surface area (Å²) in [6.07, 6.45) is -19.5. The summed E-state index contributed by atoms with van der Waals surface area (Å²) in [6.45, 7) is 10.4. The summed E-state index contributed by atoms with van der Waals surface area (Å²) in [4.78, 5) is 14.3. The monoisotopic (exact) mass is 848 g/mol. The summed E-state index contributed by atoms with van der Waals surface area (Å²) in [5, 5.41) is 125. The second-order valence-corrected chi connectivity index (χ2v) is 19.1. The van der Waals surface area contributed by atoms with Crippen LogP contribution in [0.2, 0.25) is 0 Å². The van der Waals surface area contributed by atoms with Crippen molar-refractivity contribution in [1.82, 2.24) is 0 Å². The Morgan fingerprint density at radius 3 is 2.08 bits per heavy atom. The number of rotatable bonds is 13. The smallest absolute Gasteiger partial charge is 0.314 e. The number of fused-ring (bicyclic) bond motifs is 4. The van der Waals surface area contributed by atoms with Gasteiger partial charge in [-0.1, -0.05) is 19.9 Å². The van der Waals surface area contributed by atoms with Crippen LogP contribution in [0.15, 0.2) is 12.2 Å². The van der Waals surface area contributed by atoms with Crippen LogP contribution in [0.3, 0.4) is 0 Å². The number of carbonyl (C=O) groups is 1. The van der Waals surface area contributed by atoms with Crippen molar-refractivity contribution < 1.29 is 89.8 Å². The van der Waals surface area contributed by atoms with Gasteiger partial charge in [0.1, 0.15) is 61.0 Å². The molecule has 7 fully saturated rings. The van der Waals surface area contributed by atoms with Crippen LogP contribution in [-0.4, -0.2) is 184 Å². The van der Waals surface area contributed by atoms with Crippen molar-refractivity contribution in [3.05, 3.63) is 12.2 Å². The summed E-state index contributed by atoms with van der Waals surface area (Å²) >= 11 is 0. The van der Waals surface area contributed by atoms with Crippen LogP contribution in [0.1, 0.15) is 91.9 Å². The van der Waals surface area contributed by atoms with E-state index in [1.54, 1.807) is 0 Å². The lowest BCUT2D eigenvalue weighted by molar-refractivity contribution is -0.311. The van der Waals surface area contributed by atoms with Crippen molar-refractivity contribution in [2.24, 2.45) is 28.1 Å².